The first kappa shape index (κ1) is 21.5. The Balaban J connectivity index is 1.36. The lowest BCUT2D eigenvalue weighted by atomic mass is 9.63. The highest BCUT2D eigenvalue weighted by Gasteiger charge is 2.67. The van der Waals surface area contributed by atoms with Gasteiger partial charge in [0.25, 0.3) is 0 Å². The lowest BCUT2D eigenvalue weighted by molar-refractivity contribution is -0.135. The summed E-state index contributed by atoms with van der Waals surface area (Å²) in [6.07, 6.45) is 5.40. The van der Waals surface area contributed by atoms with Crippen LogP contribution in [0.5, 0.6) is 11.5 Å². The standard InChI is InChI=1S/C28H33N3O3/c1-27(2)18-10-11-19(14-18)28(27)16-24(31-34-28)23-15-22(29-20-7-5-6-8-21(20)30-23)17-9-12-25(32-3)26(13-17)33-4/h5-9,12-13,18-19,22,29H,10-11,14-16H2,1-4H3/t18-,19+,22?,28?/m1/s1. The quantitative estimate of drug-likeness (QED) is 0.582. The van der Waals surface area contributed by atoms with Crippen LogP contribution in [0.25, 0.3) is 0 Å². The van der Waals surface area contributed by atoms with Crippen molar-refractivity contribution in [3.63, 3.8) is 0 Å². The van der Waals surface area contributed by atoms with Gasteiger partial charge in [-0.3, -0.25) is 0 Å². The minimum atomic E-state index is -0.189. The fraction of sp³-hybridized carbons (Fsp3) is 0.500. The number of oxime groups is 1. The zero-order chi connectivity index (χ0) is 23.5. The third-order valence-electron chi connectivity index (χ3n) is 8.98. The van der Waals surface area contributed by atoms with Gasteiger partial charge in [0.2, 0.25) is 0 Å². The average molecular weight is 460 g/mol. The van der Waals surface area contributed by atoms with Crippen LogP contribution >= 0.6 is 0 Å². The highest BCUT2D eigenvalue weighted by molar-refractivity contribution is 6.43. The van der Waals surface area contributed by atoms with Gasteiger partial charge in [-0.25, -0.2) is 4.99 Å². The summed E-state index contributed by atoms with van der Waals surface area (Å²) in [7, 11) is 3.33. The maximum Gasteiger partial charge on any atom is 0.161 e. The van der Waals surface area contributed by atoms with Crippen LogP contribution in [-0.4, -0.2) is 31.2 Å². The number of ether oxygens (including phenoxy) is 2. The Kier molecular flexibility index (Phi) is 4.91. The van der Waals surface area contributed by atoms with E-state index in [0.29, 0.717) is 5.92 Å². The number of hydrogen-bond donors (Lipinski definition) is 1. The third kappa shape index (κ3) is 3.07. The molecule has 6 rings (SSSR count). The SMILES string of the molecule is COc1ccc(C2CC(C3=NOC4(C3)[C@H]3CC[C@H](C3)C4(C)C)=Nc3ccccc3N2)cc1OC. The Hall–Kier alpha value is -3.02. The lowest BCUT2D eigenvalue weighted by Gasteiger charge is -2.44. The van der Waals surface area contributed by atoms with Crippen molar-refractivity contribution >= 4 is 22.8 Å². The van der Waals surface area contributed by atoms with Crippen molar-refractivity contribution in [1.29, 1.82) is 0 Å². The first-order valence-corrected chi connectivity index (χ1v) is 12.4. The molecule has 2 bridgehead atoms. The number of anilines is 1. The lowest BCUT2D eigenvalue weighted by Crippen LogP contribution is -2.49. The summed E-state index contributed by atoms with van der Waals surface area (Å²) < 4.78 is 11.0. The van der Waals surface area contributed by atoms with E-state index in [2.05, 4.69) is 43.4 Å². The van der Waals surface area contributed by atoms with Gasteiger partial charge in [0.1, 0.15) is 5.71 Å². The van der Waals surface area contributed by atoms with Crippen molar-refractivity contribution in [2.45, 2.75) is 57.6 Å². The van der Waals surface area contributed by atoms with E-state index in [4.69, 9.17) is 24.5 Å². The molecule has 2 heterocycles. The number of para-hydroxylation sites is 2. The smallest absolute Gasteiger partial charge is 0.161 e. The van der Waals surface area contributed by atoms with Crippen LogP contribution in [0.1, 0.15) is 57.6 Å². The van der Waals surface area contributed by atoms with Crippen LogP contribution in [-0.2, 0) is 4.84 Å². The maximum atomic E-state index is 6.40. The molecule has 1 spiro atoms. The number of rotatable bonds is 4. The second-order valence-electron chi connectivity index (χ2n) is 10.7. The van der Waals surface area contributed by atoms with Gasteiger partial charge in [-0.05, 0) is 55.0 Å². The topological polar surface area (TPSA) is 64.4 Å². The summed E-state index contributed by atoms with van der Waals surface area (Å²) in [5.74, 6) is 2.77. The second kappa shape index (κ2) is 7.76. The molecule has 0 aromatic heterocycles. The largest absolute Gasteiger partial charge is 0.493 e. The molecule has 178 valence electrons. The first-order chi connectivity index (χ1) is 16.4. The van der Waals surface area contributed by atoms with E-state index in [1.807, 2.05) is 18.2 Å². The number of methoxy groups -OCH3 is 2. The molecule has 2 saturated carbocycles. The zero-order valence-corrected chi connectivity index (χ0v) is 20.4. The molecular weight excluding hydrogens is 426 g/mol. The van der Waals surface area contributed by atoms with E-state index in [9.17, 15) is 0 Å². The Bertz CT molecular complexity index is 1190. The normalized spacial score (nSPS) is 30.6. The molecule has 2 aromatic carbocycles. The predicted octanol–water partition coefficient (Wildman–Crippen LogP) is 6.30. The molecule has 0 saturated heterocycles. The molecule has 2 aliphatic heterocycles. The predicted molar refractivity (Wildman–Crippen MR) is 135 cm³/mol. The van der Waals surface area contributed by atoms with E-state index in [0.717, 1.165) is 58.6 Å². The summed E-state index contributed by atoms with van der Waals surface area (Å²) in [6, 6.07) is 14.4. The van der Waals surface area contributed by atoms with E-state index in [1.165, 1.54) is 19.3 Å². The summed E-state index contributed by atoms with van der Waals surface area (Å²) in [4.78, 5) is 11.5. The monoisotopic (exact) mass is 459 g/mol. The molecular formula is C28H33N3O3. The van der Waals surface area contributed by atoms with Gasteiger partial charge in [-0.1, -0.05) is 37.2 Å². The Labute approximate surface area is 201 Å². The van der Waals surface area contributed by atoms with Gasteiger partial charge >= 0.3 is 0 Å². The Morgan fingerprint density at radius 2 is 1.76 bits per heavy atom. The third-order valence-corrected chi connectivity index (χ3v) is 8.98. The molecule has 0 amide bonds. The average Bonchev–Trinajstić information content (AvgIpc) is 3.52. The van der Waals surface area contributed by atoms with Crippen LogP contribution < -0.4 is 14.8 Å². The zero-order valence-electron chi connectivity index (χ0n) is 20.4. The van der Waals surface area contributed by atoms with E-state index >= 15 is 0 Å². The molecule has 0 radical (unpaired) electrons. The second-order valence-corrected chi connectivity index (χ2v) is 10.7. The molecule has 4 atom stereocenters. The molecule has 2 unspecified atom stereocenters. The van der Waals surface area contributed by atoms with Crippen molar-refractivity contribution in [2.75, 3.05) is 19.5 Å². The Morgan fingerprint density at radius 3 is 2.53 bits per heavy atom. The number of benzene rings is 2. The minimum Gasteiger partial charge on any atom is -0.493 e. The van der Waals surface area contributed by atoms with Crippen molar-refractivity contribution in [3.8, 4) is 11.5 Å². The van der Waals surface area contributed by atoms with Gasteiger partial charge in [0.05, 0.1) is 37.3 Å². The molecule has 2 fully saturated rings. The first-order valence-electron chi connectivity index (χ1n) is 12.4. The van der Waals surface area contributed by atoms with E-state index in [-0.39, 0.29) is 17.1 Å². The van der Waals surface area contributed by atoms with Crippen molar-refractivity contribution < 1.29 is 14.3 Å². The highest BCUT2D eigenvalue weighted by atomic mass is 16.7. The number of hydrogen-bond acceptors (Lipinski definition) is 6. The van der Waals surface area contributed by atoms with Crippen molar-refractivity contribution in [1.82, 2.24) is 0 Å². The van der Waals surface area contributed by atoms with Crippen LogP contribution in [0.3, 0.4) is 0 Å². The molecule has 34 heavy (non-hydrogen) atoms. The van der Waals surface area contributed by atoms with Gasteiger partial charge in [0.15, 0.2) is 17.1 Å². The summed E-state index contributed by atoms with van der Waals surface area (Å²) in [5.41, 5.74) is 5.04. The number of fused-ring (bicyclic) bond motifs is 4. The summed E-state index contributed by atoms with van der Waals surface area (Å²) in [5, 5.41) is 8.44. The van der Waals surface area contributed by atoms with E-state index in [1.54, 1.807) is 14.2 Å². The molecule has 2 aromatic rings. The van der Waals surface area contributed by atoms with Gasteiger partial charge in [-0.15, -0.1) is 0 Å². The molecule has 1 N–H and O–H groups in total. The van der Waals surface area contributed by atoms with Crippen LogP contribution in [0, 0.1) is 17.3 Å². The highest BCUT2D eigenvalue weighted by Crippen LogP contribution is 2.65. The number of nitrogens with one attached hydrogen (secondary N) is 1. The van der Waals surface area contributed by atoms with Crippen LogP contribution in [0.2, 0.25) is 0 Å². The maximum absolute atomic E-state index is 6.40. The van der Waals surface area contributed by atoms with Crippen molar-refractivity contribution in [3.05, 3.63) is 48.0 Å². The summed E-state index contributed by atoms with van der Waals surface area (Å²) in [6.45, 7) is 4.76. The minimum absolute atomic E-state index is 0.0227. The molecule has 2 aliphatic carbocycles. The van der Waals surface area contributed by atoms with Gasteiger partial charge < -0.3 is 19.6 Å². The fourth-order valence-electron chi connectivity index (χ4n) is 6.87. The van der Waals surface area contributed by atoms with E-state index < -0.39 is 0 Å². The Morgan fingerprint density at radius 1 is 0.971 bits per heavy atom. The summed E-state index contributed by atoms with van der Waals surface area (Å²) >= 11 is 0. The number of aliphatic imine (C=N–C) groups is 1. The van der Waals surface area contributed by atoms with Gasteiger partial charge in [0, 0.05) is 24.2 Å². The number of nitrogens with zero attached hydrogens (tertiary/aromatic N) is 2. The van der Waals surface area contributed by atoms with Gasteiger partial charge in [-0.2, -0.15) is 0 Å². The molecule has 6 heteroatoms. The molecule has 4 aliphatic rings. The van der Waals surface area contributed by atoms with Crippen LogP contribution in [0.15, 0.2) is 52.6 Å². The molecule has 6 nitrogen and oxygen atoms in total. The fourth-order valence-corrected chi connectivity index (χ4v) is 6.87. The van der Waals surface area contributed by atoms with Crippen LogP contribution in [0.4, 0.5) is 11.4 Å². The van der Waals surface area contributed by atoms with Crippen molar-refractivity contribution in [2.24, 2.45) is 27.4 Å².